The Kier molecular flexibility index (Phi) is 4.94. The Balaban J connectivity index is 1.86. The van der Waals surface area contributed by atoms with Crippen LogP contribution >= 0.6 is 0 Å². The first-order valence-corrected chi connectivity index (χ1v) is 7.87. The standard InChI is InChI=1S/C20H15NO6/c22-13-6-8-17(23)15(10-13)19(24)21-16(20(25)26)11-14-7-9-18(27-14)12-4-2-1-3-5-12/h1-11,22-23H,(H,21,24)(H,25,26)/b16-11-. The van der Waals surface area contributed by atoms with Crippen LogP contribution < -0.4 is 5.32 Å². The molecular weight excluding hydrogens is 350 g/mol. The minimum absolute atomic E-state index is 0.228. The summed E-state index contributed by atoms with van der Waals surface area (Å²) in [5.41, 5.74) is 0.117. The molecular formula is C20H15NO6. The molecule has 1 aromatic heterocycles. The molecule has 2 aromatic carbocycles. The van der Waals surface area contributed by atoms with E-state index < -0.39 is 17.6 Å². The summed E-state index contributed by atoms with van der Waals surface area (Å²) in [6.07, 6.45) is 1.16. The molecule has 1 amide bonds. The number of rotatable bonds is 5. The third-order valence-corrected chi connectivity index (χ3v) is 3.68. The zero-order valence-corrected chi connectivity index (χ0v) is 13.9. The summed E-state index contributed by atoms with van der Waals surface area (Å²) < 4.78 is 5.60. The number of hydrogen-bond acceptors (Lipinski definition) is 5. The van der Waals surface area contributed by atoms with Gasteiger partial charge in [0.1, 0.15) is 28.7 Å². The number of furan rings is 1. The molecule has 0 aliphatic heterocycles. The number of phenols is 2. The first-order valence-electron chi connectivity index (χ1n) is 7.87. The summed E-state index contributed by atoms with van der Waals surface area (Å²) in [7, 11) is 0. The number of benzene rings is 2. The van der Waals surface area contributed by atoms with E-state index >= 15 is 0 Å². The van der Waals surface area contributed by atoms with Crippen LogP contribution in [0.25, 0.3) is 17.4 Å². The van der Waals surface area contributed by atoms with Gasteiger partial charge in [0.2, 0.25) is 0 Å². The van der Waals surface area contributed by atoms with E-state index in [0.29, 0.717) is 5.76 Å². The first kappa shape index (κ1) is 17.8. The SMILES string of the molecule is O=C(O)/C(=C/c1ccc(-c2ccccc2)o1)NC(=O)c1cc(O)ccc1O. The summed E-state index contributed by atoms with van der Waals surface area (Å²) in [4.78, 5) is 23.7. The maximum absolute atomic E-state index is 12.2. The molecule has 7 nitrogen and oxygen atoms in total. The Bertz CT molecular complexity index is 1020. The Morgan fingerprint density at radius 3 is 2.41 bits per heavy atom. The maximum Gasteiger partial charge on any atom is 0.352 e. The molecule has 1 heterocycles. The highest BCUT2D eigenvalue weighted by Crippen LogP contribution is 2.24. The fraction of sp³-hybridized carbons (Fsp3) is 0. The third kappa shape index (κ3) is 4.16. The molecule has 4 N–H and O–H groups in total. The quantitative estimate of drug-likeness (QED) is 0.407. The molecule has 0 unspecified atom stereocenters. The lowest BCUT2D eigenvalue weighted by Crippen LogP contribution is -2.27. The van der Waals surface area contributed by atoms with Crippen molar-refractivity contribution in [3.63, 3.8) is 0 Å². The lowest BCUT2D eigenvalue weighted by Gasteiger charge is -2.07. The smallest absolute Gasteiger partial charge is 0.352 e. The molecule has 7 heteroatoms. The molecule has 0 fully saturated rings. The number of carbonyl (C=O) groups is 2. The fourth-order valence-corrected chi connectivity index (χ4v) is 2.38. The van der Waals surface area contributed by atoms with Crippen molar-refractivity contribution in [1.82, 2.24) is 5.32 Å². The number of carboxylic acid groups (broad SMARTS) is 1. The average molecular weight is 365 g/mol. The number of carboxylic acids is 1. The van der Waals surface area contributed by atoms with Crippen LogP contribution in [0.15, 0.2) is 70.8 Å². The Hall–Kier alpha value is -4.00. The third-order valence-electron chi connectivity index (χ3n) is 3.68. The van der Waals surface area contributed by atoms with E-state index in [1.165, 1.54) is 6.07 Å². The van der Waals surface area contributed by atoms with E-state index in [4.69, 9.17) is 4.42 Å². The molecule has 0 spiro atoms. The minimum Gasteiger partial charge on any atom is -0.508 e. The van der Waals surface area contributed by atoms with Gasteiger partial charge in [0.25, 0.3) is 5.91 Å². The molecule has 3 aromatic rings. The highest BCUT2D eigenvalue weighted by Gasteiger charge is 2.17. The van der Waals surface area contributed by atoms with E-state index in [1.807, 2.05) is 30.3 Å². The zero-order valence-electron chi connectivity index (χ0n) is 13.9. The van der Waals surface area contributed by atoms with Crippen molar-refractivity contribution in [2.75, 3.05) is 0 Å². The van der Waals surface area contributed by atoms with Crippen molar-refractivity contribution in [3.05, 3.63) is 77.7 Å². The van der Waals surface area contributed by atoms with Crippen LogP contribution in [-0.2, 0) is 4.79 Å². The second-order valence-electron chi connectivity index (χ2n) is 5.59. The highest BCUT2D eigenvalue weighted by atomic mass is 16.4. The van der Waals surface area contributed by atoms with E-state index in [1.54, 1.807) is 12.1 Å². The van der Waals surface area contributed by atoms with Crippen LogP contribution in [0.4, 0.5) is 0 Å². The largest absolute Gasteiger partial charge is 0.508 e. The molecule has 0 aliphatic rings. The number of nitrogens with one attached hydrogen (secondary N) is 1. The molecule has 27 heavy (non-hydrogen) atoms. The number of hydrogen-bond donors (Lipinski definition) is 4. The minimum atomic E-state index is -1.39. The number of amides is 1. The molecule has 0 radical (unpaired) electrons. The molecule has 0 atom stereocenters. The summed E-state index contributed by atoms with van der Waals surface area (Å²) in [5, 5.41) is 30.7. The second-order valence-corrected chi connectivity index (χ2v) is 5.59. The summed E-state index contributed by atoms with van der Waals surface area (Å²) >= 11 is 0. The van der Waals surface area contributed by atoms with Crippen molar-refractivity contribution in [2.45, 2.75) is 0 Å². The van der Waals surface area contributed by atoms with E-state index in [9.17, 15) is 24.9 Å². The maximum atomic E-state index is 12.2. The molecule has 3 rings (SSSR count). The summed E-state index contributed by atoms with van der Waals surface area (Å²) in [6, 6.07) is 15.9. The van der Waals surface area contributed by atoms with Crippen molar-refractivity contribution in [1.29, 1.82) is 0 Å². The van der Waals surface area contributed by atoms with Gasteiger partial charge in [0.15, 0.2) is 0 Å². The first-order chi connectivity index (χ1) is 12.9. The van der Waals surface area contributed by atoms with Crippen LogP contribution in [0, 0.1) is 0 Å². The molecule has 136 valence electrons. The molecule has 0 saturated heterocycles. The van der Waals surface area contributed by atoms with Gasteiger partial charge in [0.05, 0.1) is 5.56 Å². The number of carbonyl (C=O) groups excluding carboxylic acids is 1. The Labute approximate surface area is 153 Å². The lowest BCUT2D eigenvalue weighted by molar-refractivity contribution is -0.132. The van der Waals surface area contributed by atoms with Gasteiger partial charge in [-0.3, -0.25) is 4.79 Å². The van der Waals surface area contributed by atoms with Crippen LogP contribution in [0.3, 0.4) is 0 Å². The van der Waals surface area contributed by atoms with Crippen molar-refractivity contribution < 1.29 is 29.3 Å². The number of phenolic OH excluding ortho intramolecular Hbond substituents is 2. The van der Waals surface area contributed by atoms with Crippen LogP contribution in [0.5, 0.6) is 11.5 Å². The Morgan fingerprint density at radius 2 is 1.70 bits per heavy atom. The fourth-order valence-electron chi connectivity index (χ4n) is 2.38. The summed E-state index contributed by atoms with van der Waals surface area (Å²) in [5.74, 6) is -2.13. The normalized spacial score (nSPS) is 11.2. The van der Waals surface area contributed by atoms with E-state index in [2.05, 4.69) is 5.32 Å². The predicted molar refractivity (Wildman–Crippen MR) is 97.0 cm³/mol. The average Bonchev–Trinajstić information content (AvgIpc) is 3.12. The lowest BCUT2D eigenvalue weighted by atomic mass is 10.1. The van der Waals surface area contributed by atoms with Gasteiger partial charge in [-0.2, -0.15) is 0 Å². The van der Waals surface area contributed by atoms with Crippen molar-refractivity contribution >= 4 is 18.0 Å². The van der Waals surface area contributed by atoms with Gasteiger partial charge >= 0.3 is 5.97 Å². The van der Waals surface area contributed by atoms with Crippen molar-refractivity contribution in [3.8, 4) is 22.8 Å². The Morgan fingerprint density at radius 1 is 0.963 bits per heavy atom. The van der Waals surface area contributed by atoms with Gasteiger partial charge in [-0.1, -0.05) is 30.3 Å². The van der Waals surface area contributed by atoms with Gasteiger partial charge in [-0.05, 0) is 30.3 Å². The summed E-state index contributed by atoms with van der Waals surface area (Å²) in [6.45, 7) is 0. The van der Waals surface area contributed by atoms with Crippen LogP contribution in [0.2, 0.25) is 0 Å². The van der Waals surface area contributed by atoms with Gasteiger partial charge in [-0.15, -0.1) is 0 Å². The van der Waals surface area contributed by atoms with Gasteiger partial charge < -0.3 is 25.1 Å². The van der Waals surface area contributed by atoms with Crippen LogP contribution in [0.1, 0.15) is 16.1 Å². The van der Waals surface area contributed by atoms with Gasteiger partial charge in [0, 0.05) is 11.6 Å². The van der Waals surface area contributed by atoms with Crippen LogP contribution in [-0.4, -0.2) is 27.2 Å². The molecule has 0 saturated carbocycles. The van der Waals surface area contributed by atoms with E-state index in [-0.39, 0.29) is 22.8 Å². The predicted octanol–water partition coefficient (Wildman–Crippen LogP) is 3.21. The second kappa shape index (κ2) is 7.49. The number of aliphatic carboxylic acids is 1. The zero-order chi connectivity index (χ0) is 19.4. The molecule has 0 bridgehead atoms. The van der Waals surface area contributed by atoms with Crippen molar-refractivity contribution in [2.24, 2.45) is 0 Å². The topological polar surface area (TPSA) is 120 Å². The van der Waals surface area contributed by atoms with E-state index in [0.717, 1.165) is 23.8 Å². The number of aromatic hydroxyl groups is 2. The van der Waals surface area contributed by atoms with Gasteiger partial charge in [-0.25, -0.2) is 4.79 Å². The molecule has 0 aliphatic carbocycles. The monoisotopic (exact) mass is 365 g/mol. The highest BCUT2D eigenvalue weighted by molar-refractivity contribution is 6.04.